The van der Waals surface area contributed by atoms with Gasteiger partial charge in [0, 0.05) is 65.0 Å². The topological polar surface area (TPSA) is 39.1 Å². The molecule has 0 fully saturated rings. The van der Waals surface area contributed by atoms with Crippen molar-refractivity contribution in [3.8, 4) is 41.8 Å². The Balaban J connectivity index is 1.16. The number of hydrogen-bond acceptors (Lipinski definition) is 4. The third-order valence-corrected chi connectivity index (χ3v) is 13.1. The highest BCUT2D eigenvalue weighted by atomic mass is 32.1. The van der Waals surface area contributed by atoms with Gasteiger partial charge in [-0.1, -0.05) is 152 Å². The van der Waals surface area contributed by atoms with E-state index in [1.807, 2.05) is 84.9 Å². The average Bonchev–Trinajstić information content (AvgIpc) is 4.05. The molecule has 0 amide bonds. The molecule has 272 valence electrons. The van der Waals surface area contributed by atoms with Crippen molar-refractivity contribution in [3.05, 3.63) is 211 Å². The van der Waals surface area contributed by atoms with Gasteiger partial charge in [0.2, 0.25) is 0 Å². The van der Waals surface area contributed by atoms with Gasteiger partial charge in [-0.3, -0.25) is 9.59 Å². The SMILES string of the molecule is O=C(C1=CC(C(=O)c2ccccc2)CC(n2c3cc(-c4ccc(-c5ccccc5)s4)ccc3c3ccc(-c4ccc(-c5ccccc5)s4)cc32)=C1)c1ccccc1. The molecule has 3 aromatic heterocycles. The maximum Gasteiger partial charge on any atom is 0.192 e. The van der Waals surface area contributed by atoms with E-state index in [1.54, 1.807) is 22.7 Å². The molecule has 1 unspecified atom stereocenters. The highest BCUT2D eigenvalue weighted by Crippen LogP contribution is 2.43. The molecular formula is C52H35NO2S2. The van der Waals surface area contributed by atoms with E-state index in [4.69, 9.17) is 0 Å². The largest absolute Gasteiger partial charge is 0.313 e. The van der Waals surface area contributed by atoms with E-state index in [0.717, 1.165) is 38.6 Å². The summed E-state index contributed by atoms with van der Waals surface area (Å²) >= 11 is 3.56. The molecule has 1 atom stereocenters. The highest BCUT2D eigenvalue weighted by Gasteiger charge is 2.28. The summed E-state index contributed by atoms with van der Waals surface area (Å²) in [4.78, 5) is 33.3. The average molecular weight is 770 g/mol. The predicted octanol–water partition coefficient (Wildman–Crippen LogP) is 14.1. The standard InChI is InChI=1S/C52H35NO2S2/c54-51(36-17-9-3-10-18-36)40-29-41(52(55)37-19-11-4-12-20-37)31-42(30-40)53-45-32-38(49-27-25-47(56-49)34-13-5-1-6-14-34)21-23-43(45)44-24-22-39(33-46(44)53)50-28-26-48(57-50)35-15-7-2-8-16-35/h1-30,32-33,41H,31H2. The molecule has 3 nitrogen and oxygen atoms in total. The normalized spacial score (nSPS) is 14.1. The molecule has 6 aromatic carbocycles. The Morgan fingerprint density at radius 2 is 0.912 bits per heavy atom. The number of rotatable bonds is 9. The Labute approximate surface area is 339 Å². The van der Waals surface area contributed by atoms with Crippen LogP contribution in [0, 0.1) is 5.92 Å². The van der Waals surface area contributed by atoms with Crippen LogP contribution in [0.5, 0.6) is 0 Å². The second-order valence-corrected chi connectivity index (χ2v) is 16.5. The van der Waals surface area contributed by atoms with Gasteiger partial charge in [-0.05, 0) is 64.7 Å². The van der Waals surface area contributed by atoms with E-state index in [9.17, 15) is 9.59 Å². The fourth-order valence-corrected chi connectivity index (χ4v) is 9.98. The number of aromatic nitrogens is 1. The summed E-state index contributed by atoms with van der Waals surface area (Å²) in [5.74, 6) is -0.619. The van der Waals surface area contributed by atoms with Gasteiger partial charge in [0.05, 0.1) is 11.0 Å². The number of allylic oxidation sites excluding steroid dienone is 4. The summed E-state index contributed by atoms with van der Waals surface area (Å²) in [6.07, 6.45) is 4.34. The van der Waals surface area contributed by atoms with Gasteiger partial charge in [-0.2, -0.15) is 0 Å². The van der Waals surface area contributed by atoms with Gasteiger partial charge >= 0.3 is 0 Å². The lowest BCUT2D eigenvalue weighted by molar-refractivity contribution is 0.0945. The number of ketones is 2. The van der Waals surface area contributed by atoms with Crippen molar-refractivity contribution in [2.75, 3.05) is 0 Å². The number of Topliss-reactive ketones (excluding diaryl/α,β-unsaturated/α-hetero) is 2. The number of carbonyl (C=O) groups excluding carboxylic acids is 2. The number of thiophene rings is 2. The van der Waals surface area contributed by atoms with Crippen LogP contribution in [0.3, 0.4) is 0 Å². The van der Waals surface area contributed by atoms with Gasteiger partial charge < -0.3 is 4.57 Å². The minimum absolute atomic E-state index is 0.000704. The monoisotopic (exact) mass is 769 g/mol. The van der Waals surface area contributed by atoms with Crippen molar-refractivity contribution in [2.24, 2.45) is 5.92 Å². The van der Waals surface area contributed by atoms with E-state index in [2.05, 4.69) is 114 Å². The van der Waals surface area contributed by atoms with E-state index in [-0.39, 0.29) is 11.6 Å². The first-order valence-corrected chi connectivity index (χ1v) is 20.7. The minimum atomic E-state index is -0.523. The van der Waals surface area contributed by atoms with E-state index < -0.39 is 5.92 Å². The maximum absolute atomic E-state index is 14.3. The fourth-order valence-electron chi connectivity index (χ4n) is 7.96. The first kappa shape index (κ1) is 34.8. The van der Waals surface area contributed by atoms with Crippen molar-refractivity contribution in [1.82, 2.24) is 4.57 Å². The van der Waals surface area contributed by atoms with Gasteiger partial charge in [-0.15, -0.1) is 22.7 Å². The van der Waals surface area contributed by atoms with Crippen LogP contribution in [0.1, 0.15) is 27.1 Å². The Morgan fingerprint density at radius 1 is 0.474 bits per heavy atom. The lowest BCUT2D eigenvalue weighted by Crippen LogP contribution is -2.20. The van der Waals surface area contributed by atoms with Gasteiger partial charge in [0.15, 0.2) is 11.6 Å². The minimum Gasteiger partial charge on any atom is -0.313 e. The van der Waals surface area contributed by atoms with Crippen molar-refractivity contribution in [3.63, 3.8) is 0 Å². The molecule has 1 aliphatic carbocycles. The lowest BCUT2D eigenvalue weighted by atomic mass is 9.85. The molecule has 3 heterocycles. The van der Waals surface area contributed by atoms with Crippen LogP contribution < -0.4 is 0 Å². The van der Waals surface area contributed by atoms with Gasteiger partial charge in [0.1, 0.15) is 0 Å². The third kappa shape index (κ3) is 6.61. The summed E-state index contributed by atoms with van der Waals surface area (Å²) in [5, 5.41) is 2.24. The second-order valence-electron chi connectivity index (χ2n) is 14.4. The molecule has 10 rings (SSSR count). The number of hydrogen-bond donors (Lipinski definition) is 0. The Morgan fingerprint density at radius 3 is 1.40 bits per heavy atom. The van der Waals surface area contributed by atoms with Crippen molar-refractivity contribution in [1.29, 1.82) is 0 Å². The molecule has 0 saturated carbocycles. The van der Waals surface area contributed by atoms with E-state index >= 15 is 0 Å². The van der Waals surface area contributed by atoms with Crippen molar-refractivity contribution < 1.29 is 9.59 Å². The zero-order chi connectivity index (χ0) is 38.3. The molecule has 0 N–H and O–H groups in total. The zero-order valence-electron chi connectivity index (χ0n) is 30.8. The van der Waals surface area contributed by atoms with Crippen molar-refractivity contribution >= 4 is 61.7 Å². The van der Waals surface area contributed by atoms with Gasteiger partial charge in [0.25, 0.3) is 0 Å². The summed E-state index contributed by atoms with van der Waals surface area (Å²) in [6.45, 7) is 0. The summed E-state index contributed by atoms with van der Waals surface area (Å²) in [6, 6.07) is 62.0. The highest BCUT2D eigenvalue weighted by molar-refractivity contribution is 7.19. The van der Waals surface area contributed by atoms with Crippen LogP contribution in [-0.4, -0.2) is 16.1 Å². The number of nitrogens with zero attached hydrogens (tertiary/aromatic N) is 1. The second kappa shape index (κ2) is 14.8. The first-order chi connectivity index (χ1) is 28.1. The molecule has 1 aliphatic rings. The number of fused-ring (bicyclic) bond motifs is 3. The molecule has 0 saturated heterocycles. The molecule has 9 aromatic rings. The Hall–Kier alpha value is -6.66. The predicted molar refractivity (Wildman–Crippen MR) is 239 cm³/mol. The van der Waals surface area contributed by atoms with Crippen molar-refractivity contribution in [2.45, 2.75) is 6.42 Å². The van der Waals surface area contributed by atoms with Crippen LogP contribution in [0.2, 0.25) is 0 Å². The van der Waals surface area contributed by atoms with Gasteiger partial charge in [-0.25, -0.2) is 0 Å². The third-order valence-electron chi connectivity index (χ3n) is 10.8. The van der Waals surface area contributed by atoms with Crippen LogP contribution >= 0.6 is 22.7 Å². The lowest BCUT2D eigenvalue weighted by Gasteiger charge is -2.23. The molecule has 0 bridgehead atoms. The molecule has 57 heavy (non-hydrogen) atoms. The van der Waals surface area contributed by atoms with Crippen LogP contribution in [0.25, 0.3) is 69.3 Å². The zero-order valence-corrected chi connectivity index (χ0v) is 32.5. The quantitative estimate of drug-likeness (QED) is 0.137. The molecule has 0 spiro atoms. The Bertz CT molecular complexity index is 2870. The van der Waals surface area contributed by atoms with E-state index in [1.165, 1.54) is 30.6 Å². The fraction of sp³-hybridized carbons (Fsp3) is 0.0385. The van der Waals surface area contributed by atoms with E-state index in [0.29, 0.717) is 23.1 Å². The van der Waals surface area contributed by atoms with Crippen LogP contribution in [0.15, 0.2) is 200 Å². The molecule has 0 radical (unpaired) electrons. The molecular weight excluding hydrogens is 735 g/mol. The molecule has 5 heteroatoms. The van der Waals surface area contributed by atoms with Crippen LogP contribution in [0.4, 0.5) is 0 Å². The maximum atomic E-state index is 14.3. The first-order valence-electron chi connectivity index (χ1n) is 19.1. The molecule has 0 aliphatic heterocycles. The number of carbonyl (C=O) groups is 2. The van der Waals surface area contributed by atoms with Crippen LogP contribution in [-0.2, 0) is 0 Å². The summed E-state index contributed by atoms with van der Waals surface area (Å²) in [5.41, 5.74) is 9.38. The smallest absolute Gasteiger partial charge is 0.192 e. The summed E-state index contributed by atoms with van der Waals surface area (Å²) in [7, 11) is 0. The Kier molecular flexibility index (Phi) is 9.02. The summed E-state index contributed by atoms with van der Waals surface area (Å²) < 4.78 is 2.31. The number of benzene rings is 6.